The van der Waals surface area contributed by atoms with Gasteiger partial charge in [-0.2, -0.15) is 0 Å². The van der Waals surface area contributed by atoms with E-state index in [1.54, 1.807) is 6.08 Å². The van der Waals surface area contributed by atoms with Crippen LogP contribution in [0.2, 0.25) is 0 Å². The molecule has 1 aliphatic heterocycles. The van der Waals surface area contributed by atoms with Gasteiger partial charge in [0.15, 0.2) is 5.70 Å². The van der Waals surface area contributed by atoms with Crippen LogP contribution < -0.4 is 4.74 Å². The van der Waals surface area contributed by atoms with Gasteiger partial charge in [0.2, 0.25) is 5.90 Å². The minimum absolute atomic E-state index is 0.291. The Labute approximate surface area is 160 Å². The summed E-state index contributed by atoms with van der Waals surface area (Å²) in [6, 6.07) is 13.4. The van der Waals surface area contributed by atoms with Gasteiger partial charge in [0, 0.05) is 9.13 Å². The van der Waals surface area contributed by atoms with Crippen molar-refractivity contribution < 1.29 is 14.3 Å². The topological polar surface area (TPSA) is 47.9 Å². The first-order chi connectivity index (χ1) is 12.1. The molecule has 2 aromatic carbocycles. The van der Waals surface area contributed by atoms with E-state index in [1.165, 1.54) is 0 Å². The monoisotopic (exact) mass is 447 g/mol. The van der Waals surface area contributed by atoms with Crippen LogP contribution in [0.4, 0.5) is 0 Å². The number of cyclic esters (lactones) is 1. The van der Waals surface area contributed by atoms with Crippen molar-refractivity contribution in [1.29, 1.82) is 0 Å². The van der Waals surface area contributed by atoms with Gasteiger partial charge in [0.05, 0.1) is 6.61 Å². The molecule has 5 heteroatoms. The van der Waals surface area contributed by atoms with Crippen molar-refractivity contribution in [2.45, 2.75) is 20.3 Å². The Hall–Kier alpha value is -2.15. The summed E-state index contributed by atoms with van der Waals surface area (Å²) in [5.41, 5.74) is 3.06. The molecular weight excluding hydrogens is 429 g/mol. The summed E-state index contributed by atoms with van der Waals surface area (Å²) >= 11 is 2.27. The number of esters is 1. The maximum atomic E-state index is 12.1. The predicted molar refractivity (Wildman–Crippen MR) is 107 cm³/mol. The smallest absolute Gasteiger partial charge is 0.363 e. The van der Waals surface area contributed by atoms with Crippen molar-refractivity contribution in [2.75, 3.05) is 6.61 Å². The van der Waals surface area contributed by atoms with E-state index in [-0.39, 0.29) is 0 Å². The van der Waals surface area contributed by atoms with Gasteiger partial charge in [-0.25, -0.2) is 9.79 Å². The number of halogens is 1. The summed E-state index contributed by atoms with van der Waals surface area (Å²) in [5.74, 6) is 0.681. The number of ether oxygens (including phenoxy) is 2. The first kappa shape index (κ1) is 17.7. The SMILES string of the molecule is CCCOc1cccc(/C=C2\N=C(c3ccc(I)c(C)c3)OC2=O)c1. The number of rotatable bonds is 5. The maximum Gasteiger partial charge on any atom is 0.363 e. The Balaban J connectivity index is 1.86. The Morgan fingerprint density at radius 2 is 2.08 bits per heavy atom. The van der Waals surface area contributed by atoms with Crippen molar-refractivity contribution in [1.82, 2.24) is 0 Å². The molecule has 0 aliphatic carbocycles. The number of carbonyl (C=O) groups excluding carboxylic acids is 1. The average Bonchev–Trinajstić information content (AvgIpc) is 2.96. The summed E-state index contributed by atoms with van der Waals surface area (Å²) in [5, 5.41) is 0. The van der Waals surface area contributed by atoms with Crippen LogP contribution in [0.15, 0.2) is 53.2 Å². The lowest BCUT2D eigenvalue weighted by molar-refractivity contribution is -0.129. The molecule has 0 unspecified atom stereocenters. The van der Waals surface area contributed by atoms with Crippen LogP contribution in [0.3, 0.4) is 0 Å². The highest BCUT2D eigenvalue weighted by Gasteiger charge is 2.24. The fourth-order valence-corrected chi connectivity index (χ4v) is 2.72. The fourth-order valence-electron chi connectivity index (χ4n) is 2.38. The average molecular weight is 447 g/mol. The van der Waals surface area contributed by atoms with Gasteiger partial charge in [-0.15, -0.1) is 0 Å². The number of benzene rings is 2. The standard InChI is InChI=1S/C20H18INO3/c1-3-9-24-16-6-4-5-14(11-16)12-18-20(23)25-19(22-18)15-7-8-17(21)13(2)10-15/h4-8,10-12H,3,9H2,1-2H3/b18-12-. The molecule has 0 fully saturated rings. The molecule has 0 aromatic heterocycles. The van der Waals surface area contributed by atoms with Gasteiger partial charge in [0.1, 0.15) is 5.75 Å². The Morgan fingerprint density at radius 1 is 1.24 bits per heavy atom. The molecule has 128 valence electrons. The van der Waals surface area contributed by atoms with Crippen molar-refractivity contribution in [3.63, 3.8) is 0 Å². The molecule has 0 N–H and O–H groups in total. The van der Waals surface area contributed by atoms with Crippen molar-refractivity contribution in [3.05, 3.63) is 68.4 Å². The van der Waals surface area contributed by atoms with Crippen LogP contribution in [0.5, 0.6) is 5.75 Å². The van der Waals surface area contributed by atoms with Gasteiger partial charge < -0.3 is 9.47 Å². The zero-order chi connectivity index (χ0) is 17.8. The summed E-state index contributed by atoms with van der Waals surface area (Å²) in [6.45, 7) is 4.74. The lowest BCUT2D eigenvalue weighted by Gasteiger charge is -2.04. The van der Waals surface area contributed by atoms with Crippen molar-refractivity contribution >= 4 is 40.5 Å². The maximum absolute atomic E-state index is 12.1. The molecule has 25 heavy (non-hydrogen) atoms. The molecule has 4 nitrogen and oxygen atoms in total. The van der Waals surface area contributed by atoms with E-state index in [1.807, 2.05) is 49.4 Å². The van der Waals surface area contributed by atoms with Crippen LogP contribution in [-0.2, 0) is 9.53 Å². The number of aryl methyl sites for hydroxylation is 1. The zero-order valence-corrected chi connectivity index (χ0v) is 16.2. The first-order valence-electron chi connectivity index (χ1n) is 8.09. The van der Waals surface area contributed by atoms with Crippen LogP contribution in [0.1, 0.15) is 30.0 Å². The number of hydrogen-bond donors (Lipinski definition) is 0. The number of carbonyl (C=O) groups is 1. The molecule has 0 atom stereocenters. The molecule has 0 saturated heterocycles. The molecule has 1 heterocycles. The molecule has 2 aromatic rings. The molecule has 0 saturated carbocycles. The van der Waals surface area contributed by atoms with Crippen molar-refractivity contribution in [3.8, 4) is 5.75 Å². The van der Waals surface area contributed by atoms with Gasteiger partial charge >= 0.3 is 5.97 Å². The minimum Gasteiger partial charge on any atom is -0.494 e. The van der Waals surface area contributed by atoms with E-state index in [4.69, 9.17) is 9.47 Å². The second kappa shape index (κ2) is 7.82. The zero-order valence-electron chi connectivity index (χ0n) is 14.1. The second-order valence-electron chi connectivity index (χ2n) is 5.72. The number of aliphatic imine (C=N–C) groups is 1. The molecule has 0 amide bonds. The third-order valence-electron chi connectivity index (χ3n) is 3.66. The van der Waals surface area contributed by atoms with Gasteiger partial charge in [-0.1, -0.05) is 19.1 Å². The van der Waals surface area contributed by atoms with Gasteiger partial charge in [-0.3, -0.25) is 0 Å². The summed E-state index contributed by atoms with van der Waals surface area (Å²) in [4.78, 5) is 16.5. The first-order valence-corrected chi connectivity index (χ1v) is 9.16. The molecule has 1 aliphatic rings. The third kappa shape index (κ3) is 4.28. The molecule has 0 spiro atoms. The Kier molecular flexibility index (Phi) is 5.53. The third-order valence-corrected chi connectivity index (χ3v) is 4.87. The largest absolute Gasteiger partial charge is 0.494 e. The summed E-state index contributed by atoms with van der Waals surface area (Å²) < 4.78 is 12.1. The molecule has 3 rings (SSSR count). The Morgan fingerprint density at radius 3 is 2.84 bits per heavy atom. The summed E-state index contributed by atoms with van der Waals surface area (Å²) in [7, 11) is 0. The van der Waals surface area contributed by atoms with E-state index in [9.17, 15) is 4.79 Å². The fraction of sp³-hybridized carbons (Fsp3) is 0.200. The van der Waals surface area contributed by atoms with Crippen molar-refractivity contribution in [2.24, 2.45) is 4.99 Å². The van der Waals surface area contributed by atoms with E-state index in [2.05, 4.69) is 34.5 Å². The number of nitrogens with zero attached hydrogens (tertiary/aromatic N) is 1. The van der Waals surface area contributed by atoms with E-state index in [0.29, 0.717) is 18.2 Å². The Bertz CT molecular complexity index is 871. The van der Waals surface area contributed by atoms with Crippen LogP contribution in [0, 0.1) is 10.5 Å². The van der Waals surface area contributed by atoms with E-state index < -0.39 is 5.97 Å². The van der Waals surface area contributed by atoms with Crippen LogP contribution in [0.25, 0.3) is 6.08 Å². The highest BCUT2D eigenvalue weighted by molar-refractivity contribution is 14.1. The molecule has 0 bridgehead atoms. The van der Waals surface area contributed by atoms with Crippen LogP contribution >= 0.6 is 22.6 Å². The minimum atomic E-state index is -0.439. The lowest BCUT2D eigenvalue weighted by Crippen LogP contribution is -2.05. The van der Waals surface area contributed by atoms with E-state index >= 15 is 0 Å². The van der Waals surface area contributed by atoms with Gasteiger partial charge in [0.25, 0.3) is 0 Å². The quantitative estimate of drug-likeness (QED) is 0.378. The van der Waals surface area contributed by atoms with E-state index in [0.717, 1.165) is 32.4 Å². The number of hydrogen-bond acceptors (Lipinski definition) is 4. The highest BCUT2D eigenvalue weighted by atomic mass is 127. The normalized spacial score (nSPS) is 15.2. The van der Waals surface area contributed by atoms with Gasteiger partial charge in [-0.05, 0) is 83.5 Å². The summed E-state index contributed by atoms with van der Waals surface area (Å²) in [6.07, 6.45) is 2.66. The molecular formula is C20H18INO3. The van der Waals surface area contributed by atoms with Crippen LogP contribution in [-0.4, -0.2) is 18.5 Å². The lowest BCUT2D eigenvalue weighted by atomic mass is 10.1. The molecule has 0 radical (unpaired) electrons. The second-order valence-corrected chi connectivity index (χ2v) is 6.88. The predicted octanol–water partition coefficient (Wildman–Crippen LogP) is 4.73. The highest BCUT2D eigenvalue weighted by Crippen LogP contribution is 2.22.